The molecule has 0 fully saturated rings. The van der Waals surface area contributed by atoms with Crippen LogP contribution < -0.4 is 5.32 Å². The summed E-state index contributed by atoms with van der Waals surface area (Å²) in [6.45, 7) is -0.206. The Hall–Kier alpha value is -3.57. The van der Waals surface area contributed by atoms with Gasteiger partial charge in [0.1, 0.15) is 12.6 Å². The molecule has 6 nitrogen and oxygen atoms in total. The number of esters is 1. The molecule has 1 amide bonds. The van der Waals surface area contributed by atoms with Crippen LogP contribution in [0.3, 0.4) is 0 Å². The van der Waals surface area contributed by atoms with Crippen molar-refractivity contribution in [2.24, 2.45) is 0 Å². The molecule has 0 spiro atoms. The quantitative estimate of drug-likeness (QED) is 0.478. The summed E-state index contributed by atoms with van der Waals surface area (Å²) in [4.78, 5) is 35.4. The van der Waals surface area contributed by atoms with Crippen LogP contribution in [0.1, 0.15) is 33.5 Å². The largest absolute Gasteiger partial charge is 0.480 e. The van der Waals surface area contributed by atoms with E-state index in [-0.39, 0.29) is 24.8 Å². The number of halogens is 6. The number of hydrogen-bond donors (Lipinski definition) is 2. The van der Waals surface area contributed by atoms with Gasteiger partial charge in [-0.1, -0.05) is 30.3 Å². The second-order valence-corrected chi connectivity index (χ2v) is 6.51. The van der Waals surface area contributed by atoms with Crippen LogP contribution in [0, 0.1) is 0 Å². The molecule has 1 atom stereocenters. The molecule has 0 aliphatic heterocycles. The normalized spacial score (nSPS) is 12.7. The summed E-state index contributed by atoms with van der Waals surface area (Å²) in [6.07, 6.45) is -11.3. The van der Waals surface area contributed by atoms with E-state index in [1.165, 1.54) is 0 Å². The van der Waals surface area contributed by atoms with Gasteiger partial charge in [-0.05, 0) is 23.8 Å². The number of hydrogen-bond acceptors (Lipinski definition) is 4. The van der Waals surface area contributed by atoms with Gasteiger partial charge in [-0.25, -0.2) is 4.79 Å². The third-order valence-electron chi connectivity index (χ3n) is 4.07. The van der Waals surface area contributed by atoms with E-state index in [2.05, 4.69) is 0 Å². The highest BCUT2D eigenvalue weighted by atomic mass is 19.4. The van der Waals surface area contributed by atoms with E-state index in [4.69, 9.17) is 4.74 Å². The van der Waals surface area contributed by atoms with Gasteiger partial charge in [-0.3, -0.25) is 9.59 Å². The molecule has 0 saturated carbocycles. The number of alkyl halides is 6. The number of amides is 1. The molecule has 0 aliphatic rings. The highest BCUT2D eigenvalue weighted by Gasteiger charge is 2.38. The Kier molecular flexibility index (Phi) is 7.49. The summed E-state index contributed by atoms with van der Waals surface area (Å²) in [5.74, 6) is -4.33. The Morgan fingerprint density at radius 1 is 0.906 bits per heavy atom. The average Bonchev–Trinajstić information content (AvgIpc) is 2.70. The van der Waals surface area contributed by atoms with Crippen LogP contribution in [0.5, 0.6) is 0 Å². The lowest BCUT2D eigenvalue weighted by atomic mass is 10.0. The highest BCUT2D eigenvalue weighted by Crippen LogP contribution is 2.36. The number of carboxylic acid groups (broad SMARTS) is 1. The smallest absolute Gasteiger partial charge is 0.416 e. The molecule has 32 heavy (non-hydrogen) atoms. The topological polar surface area (TPSA) is 92.7 Å². The van der Waals surface area contributed by atoms with Crippen LogP contribution in [-0.4, -0.2) is 29.0 Å². The van der Waals surface area contributed by atoms with Crippen molar-refractivity contribution in [3.05, 3.63) is 70.8 Å². The van der Waals surface area contributed by atoms with Crippen molar-refractivity contribution in [3.63, 3.8) is 0 Å². The number of ether oxygens (including phenoxy) is 1. The average molecular weight is 463 g/mol. The third kappa shape index (κ3) is 7.00. The van der Waals surface area contributed by atoms with E-state index in [0.717, 1.165) is 0 Å². The maximum atomic E-state index is 12.9. The second-order valence-electron chi connectivity index (χ2n) is 6.51. The first-order chi connectivity index (χ1) is 14.8. The lowest BCUT2D eigenvalue weighted by molar-refractivity contribution is -0.150. The van der Waals surface area contributed by atoms with E-state index >= 15 is 0 Å². The standard InChI is InChI=1S/C20H15F6NO5/c21-19(22,23)13-6-12(7-14(8-13)20(24,25)26)17(29)27-15(18(30)31)9-16(28)32-10-11-4-2-1-3-5-11/h1-8,15H,9-10H2,(H,27,29)(H,30,31)/t15-/m1/s1. The number of carbonyl (C=O) groups excluding carboxylic acids is 2. The molecule has 2 aromatic carbocycles. The zero-order valence-electron chi connectivity index (χ0n) is 16.0. The number of benzene rings is 2. The molecular formula is C20H15F6NO5. The van der Waals surface area contributed by atoms with Crippen LogP contribution >= 0.6 is 0 Å². The van der Waals surface area contributed by atoms with Crippen molar-refractivity contribution >= 4 is 17.8 Å². The second kappa shape index (κ2) is 9.71. The molecule has 12 heteroatoms. The van der Waals surface area contributed by atoms with Crippen molar-refractivity contribution in [1.29, 1.82) is 0 Å². The first kappa shape index (κ1) is 24.7. The molecule has 0 saturated heterocycles. The minimum Gasteiger partial charge on any atom is -0.480 e. The maximum Gasteiger partial charge on any atom is 0.416 e. The van der Waals surface area contributed by atoms with Crippen LogP contribution in [0.25, 0.3) is 0 Å². The number of aliphatic carboxylic acids is 1. The number of rotatable bonds is 7. The molecule has 0 aliphatic carbocycles. The summed E-state index contributed by atoms with van der Waals surface area (Å²) in [5.41, 5.74) is -3.98. The van der Waals surface area contributed by atoms with Crippen molar-refractivity contribution < 1.29 is 50.6 Å². The monoisotopic (exact) mass is 463 g/mol. The molecule has 2 aromatic rings. The molecule has 2 rings (SSSR count). The third-order valence-corrected chi connectivity index (χ3v) is 4.07. The Bertz CT molecular complexity index is 956. The van der Waals surface area contributed by atoms with E-state index in [1.54, 1.807) is 35.6 Å². The van der Waals surface area contributed by atoms with Crippen molar-refractivity contribution in [2.75, 3.05) is 0 Å². The lowest BCUT2D eigenvalue weighted by Gasteiger charge is -2.17. The summed E-state index contributed by atoms with van der Waals surface area (Å²) < 4.78 is 82.5. The Morgan fingerprint density at radius 2 is 1.44 bits per heavy atom. The summed E-state index contributed by atoms with van der Waals surface area (Å²) in [6, 6.07) is 6.45. The Balaban J connectivity index is 2.16. The van der Waals surface area contributed by atoms with Gasteiger partial charge in [0.25, 0.3) is 5.91 Å². The van der Waals surface area contributed by atoms with Gasteiger partial charge in [0.05, 0.1) is 17.5 Å². The Morgan fingerprint density at radius 3 is 1.91 bits per heavy atom. The number of carbonyl (C=O) groups is 3. The fraction of sp³-hybridized carbons (Fsp3) is 0.250. The SMILES string of the molecule is O=C(C[C@@H](NC(=O)c1cc(C(F)(F)F)cc(C(F)(F)F)c1)C(=O)O)OCc1ccccc1. The van der Waals surface area contributed by atoms with Gasteiger partial charge in [-0.2, -0.15) is 26.3 Å². The number of nitrogens with one attached hydrogen (secondary N) is 1. The first-order valence-electron chi connectivity index (χ1n) is 8.80. The van der Waals surface area contributed by atoms with Crippen LogP contribution in [0.15, 0.2) is 48.5 Å². The predicted octanol–water partition coefficient (Wildman–Crippen LogP) is 4.04. The minimum atomic E-state index is -5.19. The van der Waals surface area contributed by atoms with Crippen molar-refractivity contribution in [3.8, 4) is 0 Å². The fourth-order valence-electron chi connectivity index (χ4n) is 2.49. The molecule has 0 unspecified atom stereocenters. The highest BCUT2D eigenvalue weighted by molar-refractivity contribution is 5.97. The summed E-state index contributed by atoms with van der Waals surface area (Å²) >= 11 is 0. The van der Waals surface area contributed by atoms with Crippen molar-refractivity contribution in [2.45, 2.75) is 31.4 Å². The minimum absolute atomic E-state index is 0.150. The van der Waals surface area contributed by atoms with E-state index < -0.39 is 59.4 Å². The van der Waals surface area contributed by atoms with Gasteiger partial charge in [-0.15, -0.1) is 0 Å². The maximum absolute atomic E-state index is 12.9. The summed E-state index contributed by atoms with van der Waals surface area (Å²) in [5, 5.41) is 10.9. The van der Waals surface area contributed by atoms with Gasteiger partial charge < -0.3 is 15.2 Å². The van der Waals surface area contributed by atoms with Crippen LogP contribution in [0.2, 0.25) is 0 Å². The van der Waals surface area contributed by atoms with Gasteiger partial charge >= 0.3 is 24.3 Å². The summed E-state index contributed by atoms with van der Waals surface area (Å²) in [7, 11) is 0. The molecule has 0 aromatic heterocycles. The zero-order valence-corrected chi connectivity index (χ0v) is 16.0. The van der Waals surface area contributed by atoms with Crippen LogP contribution in [0.4, 0.5) is 26.3 Å². The van der Waals surface area contributed by atoms with Gasteiger partial charge in [0.15, 0.2) is 0 Å². The zero-order chi connectivity index (χ0) is 24.1. The molecule has 0 heterocycles. The molecule has 0 bridgehead atoms. The fourth-order valence-corrected chi connectivity index (χ4v) is 2.49. The predicted molar refractivity (Wildman–Crippen MR) is 96.2 cm³/mol. The van der Waals surface area contributed by atoms with Crippen molar-refractivity contribution in [1.82, 2.24) is 5.32 Å². The first-order valence-corrected chi connectivity index (χ1v) is 8.80. The molecule has 0 radical (unpaired) electrons. The Labute approximate surface area is 176 Å². The lowest BCUT2D eigenvalue weighted by Crippen LogP contribution is -2.42. The van der Waals surface area contributed by atoms with E-state index in [0.29, 0.717) is 5.56 Å². The van der Waals surface area contributed by atoms with Gasteiger partial charge in [0, 0.05) is 5.56 Å². The molecule has 172 valence electrons. The number of carboxylic acids is 1. The van der Waals surface area contributed by atoms with E-state index in [9.17, 15) is 45.8 Å². The van der Waals surface area contributed by atoms with Crippen LogP contribution in [-0.2, 0) is 33.3 Å². The molecule has 2 N–H and O–H groups in total. The van der Waals surface area contributed by atoms with E-state index in [1.807, 2.05) is 0 Å². The molecular weight excluding hydrogens is 448 g/mol. The van der Waals surface area contributed by atoms with Gasteiger partial charge in [0.2, 0.25) is 0 Å².